The zero-order valence-corrected chi connectivity index (χ0v) is 13.0. The molecule has 1 amide bonds. The Bertz CT molecular complexity index is 1050. The summed E-state index contributed by atoms with van der Waals surface area (Å²) >= 11 is 0. The van der Waals surface area contributed by atoms with E-state index in [9.17, 15) is 9.59 Å². The van der Waals surface area contributed by atoms with E-state index in [0.717, 1.165) is 41.4 Å². The molecule has 0 saturated carbocycles. The third-order valence-corrected chi connectivity index (χ3v) is 5.15. The number of carbonyl (C=O) groups is 1. The first-order valence-corrected chi connectivity index (χ1v) is 8.21. The molecule has 120 valence electrons. The highest BCUT2D eigenvalue weighted by molar-refractivity contribution is 5.96. The molecule has 0 fully saturated rings. The van der Waals surface area contributed by atoms with Gasteiger partial charge in [-0.25, -0.2) is 0 Å². The number of benzene rings is 1. The average Bonchev–Trinajstić information content (AvgIpc) is 3.05. The van der Waals surface area contributed by atoms with Gasteiger partial charge in [-0.05, 0) is 24.0 Å². The van der Waals surface area contributed by atoms with E-state index in [1.165, 1.54) is 5.56 Å². The lowest BCUT2D eigenvalue weighted by Gasteiger charge is -2.26. The van der Waals surface area contributed by atoms with Gasteiger partial charge in [0.2, 0.25) is 5.91 Å². The predicted molar refractivity (Wildman–Crippen MR) is 90.2 cm³/mol. The largest absolute Gasteiger partial charge is 0.311 e. The molecule has 0 radical (unpaired) electrons. The number of amides is 1. The molecular formula is C18H16N4O2. The SMILES string of the molecule is O=C1CC(c2cc(=O)n3c4c(cccc24)CCC3)c2cn[nH]c2N1. The van der Waals surface area contributed by atoms with E-state index >= 15 is 0 Å². The molecule has 5 rings (SSSR count). The number of aromatic nitrogens is 3. The number of carbonyl (C=O) groups excluding carboxylic acids is 1. The second-order valence-corrected chi connectivity index (χ2v) is 6.51. The van der Waals surface area contributed by atoms with E-state index in [2.05, 4.69) is 27.6 Å². The molecule has 3 aromatic rings. The lowest BCUT2D eigenvalue weighted by molar-refractivity contribution is -0.116. The van der Waals surface area contributed by atoms with Crippen molar-refractivity contribution in [2.45, 2.75) is 31.7 Å². The highest BCUT2D eigenvalue weighted by atomic mass is 16.1. The first kappa shape index (κ1) is 13.5. The van der Waals surface area contributed by atoms with Crippen LogP contribution in [0.1, 0.15) is 35.4 Å². The normalized spacial score (nSPS) is 19.2. The molecule has 2 aromatic heterocycles. The van der Waals surface area contributed by atoms with E-state index < -0.39 is 0 Å². The van der Waals surface area contributed by atoms with Gasteiger partial charge in [-0.15, -0.1) is 0 Å². The number of aryl methyl sites for hydroxylation is 2. The second kappa shape index (κ2) is 4.80. The van der Waals surface area contributed by atoms with E-state index in [4.69, 9.17) is 0 Å². The topological polar surface area (TPSA) is 79.8 Å². The maximum Gasteiger partial charge on any atom is 0.251 e. The lowest BCUT2D eigenvalue weighted by Crippen LogP contribution is -2.28. The summed E-state index contributed by atoms with van der Waals surface area (Å²) in [4.78, 5) is 24.8. The van der Waals surface area contributed by atoms with Gasteiger partial charge in [-0.3, -0.25) is 14.7 Å². The monoisotopic (exact) mass is 320 g/mol. The lowest BCUT2D eigenvalue weighted by atomic mass is 9.84. The number of nitrogens with zero attached hydrogens (tertiary/aromatic N) is 2. The van der Waals surface area contributed by atoms with Crippen LogP contribution in [0.3, 0.4) is 0 Å². The minimum Gasteiger partial charge on any atom is -0.311 e. The summed E-state index contributed by atoms with van der Waals surface area (Å²) in [7, 11) is 0. The molecule has 1 unspecified atom stereocenters. The fourth-order valence-electron chi connectivity index (χ4n) is 4.10. The molecule has 0 bridgehead atoms. The summed E-state index contributed by atoms with van der Waals surface area (Å²) in [5.41, 5.74) is 4.12. The van der Waals surface area contributed by atoms with Gasteiger partial charge in [-0.2, -0.15) is 5.10 Å². The number of anilines is 1. The summed E-state index contributed by atoms with van der Waals surface area (Å²) < 4.78 is 1.87. The van der Waals surface area contributed by atoms with Crippen molar-refractivity contribution in [1.82, 2.24) is 14.8 Å². The van der Waals surface area contributed by atoms with Crippen LogP contribution in [0.15, 0.2) is 35.3 Å². The first-order valence-electron chi connectivity index (χ1n) is 8.21. The molecule has 0 spiro atoms. The van der Waals surface area contributed by atoms with Crippen molar-refractivity contribution in [1.29, 1.82) is 0 Å². The Morgan fingerprint density at radius 1 is 1.21 bits per heavy atom. The van der Waals surface area contributed by atoms with Crippen LogP contribution >= 0.6 is 0 Å². The van der Waals surface area contributed by atoms with Crippen molar-refractivity contribution in [2.75, 3.05) is 5.32 Å². The number of fused-ring (bicyclic) bond motifs is 1. The maximum atomic E-state index is 12.7. The molecular weight excluding hydrogens is 304 g/mol. The smallest absolute Gasteiger partial charge is 0.251 e. The van der Waals surface area contributed by atoms with Crippen molar-refractivity contribution in [3.05, 3.63) is 57.5 Å². The third kappa shape index (κ3) is 1.79. The number of aromatic amines is 1. The fourth-order valence-corrected chi connectivity index (χ4v) is 4.10. The van der Waals surface area contributed by atoms with Gasteiger partial charge in [-0.1, -0.05) is 18.2 Å². The molecule has 4 heterocycles. The Morgan fingerprint density at radius 3 is 3.04 bits per heavy atom. The van der Waals surface area contributed by atoms with E-state index in [0.29, 0.717) is 12.2 Å². The third-order valence-electron chi connectivity index (χ3n) is 5.15. The number of rotatable bonds is 1. The van der Waals surface area contributed by atoms with Gasteiger partial charge in [0.1, 0.15) is 5.82 Å². The zero-order valence-electron chi connectivity index (χ0n) is 13.0. The number of para-hydroxylation sites is 1. The van der Waals surface area contributed by atoms with E-state index in [1.54, 1.807) is 12.3 Å². The van der Waals surface area contributed by atoms with E-state index in [1.807, 2.05) is 10.6 Å². The summed E-state index contributed by atoms with van der Waals surface area (Å²) in [6.07, 6.45) is 4.05. The summed E-state index contributed by atoms with van der Waals surface area (Å²) in [5, 5.41) is 10.8. The van der Waals surface area contributed by atoms with Crippen LogP contribution in [-0.2, 0) is 17.8 Å². The van der Waals surface area contributed by atoms with Crippen LogP contribution in [0, 0.1) is 0 Å². The van der Waals surface area contributed by atoms with Crippen LogP contribution in [0.5, 0.6) is 0 Å². The summed E-state index contributed by atoms with van der Waals surface area (Å²) in [6, 6.07) is 7.90. The Kier molecular flexibility index (Phi) is 2.71. The average molecular weight is 320 g/mol. The minimum atomic E-state index is -0.146. The van der Waals surface area contributed by atoms with Crippen molar-refractivity contribution in [2.24, 2.45) is 0 Å². The van der Waals surface area contributed by atoms with Crippen molar-refractivity contribution in [3.8, 4) is 0 Å². The van der Waals surface area contributed by atoms with Gasteiger partial charge >= 0.3 is 0 Å². The quantitative estimate of drug-likeness (QED) is 0.721. The number of H-pyrrole nitrogens is 1. The molecule has 2 aliphatic rings. The first-order chi connectivity index (χ1) is 11.7. The number of hydrogen-bond acceptors (Lipinski definition) is 3. The van der Waals surface area contributed by atoms with Gasteiger partial charge in [0.15, 0.2) is 0 Å². The predicted octanol–water partition coefficient (Wildman–Crippen LogP) is 2.14. The maximum absolute atomic E-state index is 12.7. The minimum absolute atomic E-state index is 0.0145. The second-order valence-electron chi connectivity index (χ2n) is 6.51. The fraction of sp³-hybridized carbons (Fsp3) is 0.278. The Hall–Kier alpha value is -2.89. The Balaban J connectivity index is 1.83. The van der Waals surface area contributed by atoms with E-state index in [-0.39, 0.29) is 17.4 Å². The summed E-state index contributed by atoms with van der Waals surface area (Å²) in [5.74, 6) is 0.432. The number of nitrogens with one attached hydrogen (secondary N) is 2. The number of hydrogen-bond donors (Lipinski definition) is 2. The molecule has 6 nitrogen and oxygen atoms in total. The van der Waals surface area contributed by atoms with Crippen LogP contribution in [-0.4, -0.2) is 20.7 Å². The van der Waals surface area contributed by atoms with Crippen molar-refractivity contribution < 1.29 is 4.79 Å². The molecule has 2 aliphatic heterocycles. The Labute approximate surface area is 137 Å². The van der Waals surface area contributed by atoms with Gasteiger partial charge in [0.05, 0.1) is 11.7 Å². The Morgan fingerprint density at radius 2 is 2.12 bits per heavy atom. The number of pyridine rings is 1. The van der Waals surface area contributed by atoms with Crippen molar-refractivity contribution in [3.63, 3.8) is 0 Å². The van der Waals surface area contributed by atoms with Crippen molar-refractivity contribution >= 4 is 22.6 Å². The standard InChI is InChI=1S/C18H16N4O2/c23-15-7-12(14-9-19-21-18(14)20-15)13-8-16(24)22-6-2-4-10-3-1-5-11(13)17(10)22/h1,3,5,8-9,12H,2,4,6-7H2,(H2,19,20,21,23). The zero-order chi connectivity index (χ0) is 16.3. The molecule has 24 heavy (non-hydrogen) atoms. The van der Waals surface area contributed by atoms with Crippen LogP contribution in [0.2, 0.25) is 0 Å². The highest BCUT2D eigenvalue weighted by Gasteiger charge is 2.30. The molecule has 1 atom stereocenters. The highest BCUT2D eigenvalue weighted by Crippen LogP contribution is 2.39. The van der Waals surface area contributed by atoms with Crippen LogP contribution < -0.4 is 10.9 Å². The summed E-state index contributed by atoms with van der Waals surface area (Å²) in [6.45, 7) is 0.759. The van der Waals surface area contributed by atoms with Crippen LogP contribution in [0.4, 0.5) is 5.82 Å². The molecule has 1 aromatic carbocycles. The van der Waals surface area contributed by atoms with Crippen LogP contribution in [0.25, 0.3) is 10.9 Å². The van der Waals surface area contributed by atoms with Gasteiger partial charge in [0, 0.05) is 35.9 Å². The molecule has 2 N–H and O–H groups in total. The van der Waals surface area contributed by atoms with Gasteiger partial charge < -0.3 is 9.88 Å². The van der Waals surface area contributed by atoms with Gasteiger partial charge in [0.25, 0.3) is 5.56 Å². The molecule has 6 heteroatoms. The molecule has 0 aliphatic carbocycles. The molecule has 0 saturated heterocycles.